The Hall–Kier alpha value is -2.36. The topological polar surface area (TPSA) is 75.5 Å². The maximum atomic E-state index is 13.6. The molecule has 1 aliphatic heterocycles. The number of nitrogens with one attached hydrogen (secondary N) is 2. The van der Waals surface area contributed by atoms with Crippen molar-refractivity contribution in [3.8, 4) is 0 Å². The van der Waals surface area contributed by atoms with E-state index in [1.54, 1.807) is 11.6 Å². The van der Waals surface area contributed by atoms with E-state index in [1.165, 1.54) is 34.1 Å². The van der Waals surface area contributed by atoms with Crippen LogP contribution in [0.3, 0.4) is 0 Å². The van der Waals surface area contributed by atoms with Crippen LogP contribution in [0, 0.1) is 11.6 Å². The van der Waals surface area contributed by atoms with Crippen molar-refractivity contribution >= 4 is 34.6 Å². The molecule has 3 aromatic rings. The molecule has 2 unspecified atom stereocenters. The first-order valence-corrected chi connectivity index (χ1v) is 9.34. The highest BCUT2D eigenvalue weighted by molar-refractivity contribution is 7.15. The van der Waals surface area contributed by atoms with Crippen LogP contribution in [0.1, 0.15) is 28.3 Å². The molecule has 1 amide bonds. The second-order valence-corrected chi connectivity index (χ2v) is 7.26. The molecule has 1 fully saturated rings. The van der Waals surface area contributed by atoms with E-state index >= 15 is 0 Å². The Bertz CT molecular complexity index is 1070. The normalized spacial score (nSPS) is 19.2. The molecule has 28 heavy (non-hydrogen) atoms. The first kappa shape index (κ1) is 20.4. The van der Waals surface area contributed by atoms with E-state index in [-0.39, 0.29) is 29.9 Å². The first-order chi connectivity index (χ1) is 13.0. The molecule has 1 aromatic carbocycles. The Morgan fingerprint density at radius 2 is 2.14 bits per heavy atom. The molecule has 1 aliphatic rings. The number of fused-ring (bicyclic) bond motifs is 1. The Kier molecular flexibility index (Phi) is 6.07. The Balaban J connectivity index is 0.00000225. The summed E-state index contributed by atoms with van der Waals surface area (Å²) in [6.45, 7) is 1.16. The lowest BCUT2D eigenvalue weighted by Gasteiger charge is -2.33. The average molecular weight is 427 g/mol. The fourth-order valence-corrected chi connectivity index (χ4v) is 4.05. The summed E-state index contributed by atoms with van der Waals surface area (Å²) in [7, 11) is 0. The number of hydrogen-bond acceptors (Lipinski definition) is 5. The van der Waals surface area contributed by atoms with Gasteiger partial charge in [0, 0.05) is 36.3 Å². The van der Waals surface area contributed by atoms with Gasteiger partial charge in [-0.05, 0) is 30.7 Å². The fourth-order valence-electron chi connectivity index (χ4n) is 3.38. The average Bonchev–Trinajstić information content (AvgIpc) is 3.14. The van der Waals surface area contributed by atoms with Gasteiger partial charge in [-0.15, -0.1) is 23.7 Å². The Morgan fingerprint density at radius 1 is 1.32 bits per heavy atom. The molecule has 6 nitrogen and oxygen atoms in total. The van der Waals surface area contributed by atoms with E-state index in [4.69, 9.17) is 0 Å². The van der Waals surface area contributed by atoms with Crippen LogP contribution < -0.4 is 16.2 Å². The third-order valence-electron chi connectivity index (χ3n) is 4.76. The number of halogens is 3. The number of nitrogens with zero attached hydrogens (tertiary/aromatic N) is 2. The summed E-state index contributed by atoms with van der Waals surface area (Å²) >= 11 is 1.30. The number of benzene rings is 1. The lowest BCUT2D eigenvalue weighted by atomic mass is 9.86. The summed E-state index contributed by atoms with van der Waals surface area (Å²) in [5.74, 6) is -2.54. The van der Waals surface area contributed by atoms with Gasteiger partial charge in [-0.3, -0.25) is 14.0 Å². The standard InChI is InChI=1S/C18H16F2N4O2S.ClH/c19-13-2-1-10(7-14(13)20)11-3-4-21-9-15(11)23-16(25)12-8-22-18-24(17(12)26)5-6-27-18;/h1-2,5-8,11,15,21H,3-4,9H2,(H,23,25);1H. The van der Waals surface area contributed by atoms with E-state index in [1.807, 2.05) is 0 Å². The van der Waals surface area contributed by atoms with Crippen LogP contribution >= 0.6 is 23.7 Å². The van der Waals surface area contributed by atoms with Crippen LogP contribution in [-0.2, 0) is 0 Å². The maximum Gasteiger partial charge on any atom is 0.271 e. The van der Waals surface area contributed by atoms with E-state index in [0.29, 0.717) is 30.0 Å². The summed E-state index contributed by atoms with van der Waals surface area (Å²) in [5, 5.41) is 7.74. The van der Waals surface area contributed by atoms with E-state index in [0.717, 1.165) is 6.07 Å². The van der Waals surface area contributed by atoms with Gasteiger partial charge in [0.25, 0.3) is 11.5 Å². The van der Waals surface area contributed by atoms with Crippen molar-refractivity contribution in [3.05, 3.63) is 69.1 Å². The molecule has 3 heterocycles. The molecule has 2 atom stereocenters. The molecular formula is C18H17ClF2N4O2S. The lowest BCUT2D eigenvalue weighted by molar-refractivity contribution is 0.0922. The third-order valence-corrected chi connectivity index (χ3v) is 5.53. The molecule has 0 bridgehead atoms. The molecule has 4 rings (SSSR count). The number of carbonyl (C=O) groups excluding carboxylic acids is 1. The summed E-state index contributed by atoms with van der Waals surface area (Å²) in [6.07, 6.45) is 3.49. The SMILES string of the molecule is Cl.O=C(NC1CNCCC1c1ccc(F)c(F)c1)c1cnc2sccn2c1=O. The van der Waals surface area contributed by atoms with Crippen LogP contribution in [0.2, 0.25) is 0 Å². The monoisotopic (exact) mass is 426 g/mol. The van der Waals surface area contributed by atoms with Crippen LogP contribution in [0.15, 0.2) is 40.8 Å². The van der Waals surface area contributed by atoms with E-state index < -0.39 is 23.1 Å². The summed E-state index contributed by atoms with van der Waals surface area (Å²) in [4.78, 5) is 29.8. The molecule has 0 saturated carbocycles. The predicted molar refractivity (Wildman–Crippen MR) is 104 cm³/mol. The van der Waals surface area contributed by atoms with Gasteiger partial charge >= 0.3 is 0 Å². The number of rotatable bonds is 3. The van der Waals surface area contributed by atoms with Gasteiger partial charge in [0.1, 0.15) is 5.56 Å². The zero-order chi connectivity index (χ0) is 19.0. The van der Waals surface area contributed by atoms with Crippen molar-refractivity contribution in [1.29, 1.82) is 0 Å². The van der Waals surface area contributed by atoms with Crippen LogP contribution in [0.5, 0.6) is 0 Å². The zero-order valence-electron chi connectivity index (χ0n) is 14.5. The van der Waals surface area contributed by atoms with E-state index in [9.17, 15) is 18.4 Å². The number of carbonyl (C=O) groups is 1. The minimum atomic E-state index is -0.915. The third kappa shape index (κ3) is 3.78. The van der Waals surface area contributed by atoms with Crippen molar-refractivity contribution in [3.63, 3.8) is 0 Å². The highest BCUT2D eigenvalue weighted by Crippen LogP contribution is 2.27. The van der Waals surface area contributed by atoms with Gasteiger partial charge in [-0.1, -0.05) is 6.07 Å². The smallest absolute Gasteiger partial charge is 0.271 e. The highest BCUT2D eigenvalue weighted by Gasteiger charge is 2.29. The van der Waals surface area contributed by atoms with Gasteiger partial charge < -0.3 is 10.6 Å². The van der Waals surface area contributed by atoms with Crippen LogP contribution in [0.25, 0.3) is 4.96 Å². The van der Waals surface area contributed by atoms with Gasteiger partial charge in [-0.2, -0.15) is 0 Å². The van der Waals surface area contributed by atoms with Crippen LogP contribution in [0.4, 0.5) is 8.78 Å². The predicted octanol–water partition coefficient (Wildman–Crippen LogP) is 2.33. The molecule has 148 valence electrons. The van der Waals surface area contributed by atoms with Crippen molar-refractivity contribution in [2.45, 2.75) is 18.4 Å². The second-order valence-electron chi connectivity index (χ2n) is 6.39. The summed E-state index contributed by atoms with van der Waals surface area (Å²) in [6, 6.07) is 3.42. The number of aromatic nitrogens is 2. The lowest BCUT2D eigenvalue weighted by Crippen LogP contribution is -2.50. The Labute approximate surface area is 169 Å². The first-order valence-electron chi connectivity index (χ1n) is 8.46. The number of piperidine rings is 1. The molecule has 2 aromatic heterocycles. The molecule has 10 heteroatoms. The molecule has 0 aliphatic carbocycles. The largest absolute Gasteiger partial charge is 0.347 e. The number of hydrogen-bond donors (Lipinski definition) is 2. The van der Waals surface area contributed by atoms with Gasteiger partial charge in [0.15, 0.2) is 16.6 Å². The highest BCUT2D eigenvalue weighted by atomic mass is 35.5. The summed E-state index contributed by atoms with van der Waals surface area (Å²) < 4.78 is 28.2. The molecule has 0 radical (unpaired) electrons. The quantitative estimate of drug-likeness (QED) is 0.674. The van der Waals surface area contributed by atoms with Gasteiger partial charge in [-0.25, -0.2) is 13.8 Å². The van der Waals surface area contributed by atoms with Gasteiger partial charge in [0.05, 0.1) is 0 Å². The van der Waals surface area contributed by atoms with Crippen molar-refractivity contribution in [2.24, 2.45) is 0 Å². The zero-order valence-corrected chi connectivity index (χ0v) is 16.2. The second kappa shape index (κ2) is 8.34. The fraction of sp³-hybridized carbons (Fsp3) is 0.278. The molecule has 2 N–H and O–H groups in total. The van der Waals surface area contributed by atoms with Crippen molar-refractivity contribution in [1.82, 2.24) is 20.0 Å². The van der Waals surface area contributed by atoms with Gasteiger partial charge in [0.2, 0.25) is 0 Å². The molecule has 1 saturated heterocycles. The minimum Gasteiger partial charge on any atom is -0.347 e. The maximum absolute atomic E-state index is 13.6. The molecular weight excluding hydrogens is 410 g/mol. The van der Waals surface area contributed by atoms with E-state index in [2.05, 4.69) is 15.6 Å². The minimum absolute atomic E-state index is 0. The van der Waals surface area contributed by atoms with Crippen molar-refractivity contribution < 1.29 is 13.6 Å². The van der Waals surface area contributed by atoms with Crippen molar-refractivity contribution in [2.75, 3.05) is 13.1 Å². The summed E-state index contributed by atoms with van der Waals surface area (Å²) in [5.41, 5.74) is 0.122. The van der Waals surface area contributed by atoms with Crippen LogP contribution in [-0.4, -0.2) is 34.4 Å². The number of amides is 1. The number of thiazole rings is 1. The molecule has 0 spiro atoms. The Morgan fingerprint density at radius 3 is 2.93 bits per heavy atom.